The molecule has 8 heteroatoms. The summed E-state index contributed by atoms with van der Waals surface area (Å²) in [5.41, 5.74) is 1.82. The van der Waals surface area contributed by atoms with Gasteiger partial charge in [0.05, 0.1) is 16.2 Å². The van der Waals surface area contributed by atoms with Crippen molar-refractivity contribution >= 4 is 46.5 Å². The van der Waals surface area contributed by atoms with Gasteiger partial charge < -0.3 is 10.0 Å². The lowest BCUT2D eigenvalue weighted by atomic mass is 10.1. The van der Waals surface area contributed by atoms with Crippen LogP contribution < -0.4 is 10.2 Å². The van der Waals surface area contributed by atoms with Crippen LogP contribution in [0.15, 0.2) is 29.2 Å². The third-order valence-electron chi connectivity index (χ3n) is 3.08. The first-order chi connectivity index (χ1) is 10.5. The Hall–Kier alpha value is -2.61. The zero-order valence-corrected chi connectivity index (χ0v) is 12.3. The molecule has 0 aromatic heterocycles. The highest BCUT2D eigenvalue weighted by molar-refractivity contribution is 8.18. The molecule has 3 amide bonds. The van der Waals surface area contributed by atoms with Crippen LogP contribution in [0.5, 0.6) is 0 Å². The van der Waals surface area contributed by atoms with Crippen LogP contribution in [0.4, 0.5) is 10.5 Å². The lowest BCUT2D eigenvalue weighted by Gasteiger charge is -2.13. The second-order valence-corrected chi connectivity index (χ2v) is 5.20. The van der Waals surface area contributed by atoms with Crippen LogP contribution in [-0.4, -0.2) is 35.2 Å². The largest absolute Gasteiger partial charge is 0.483 e. The maximum atomic E-state index is 12.4. The van der Waals surface area contributed by atoms with Crippen molar-refractivity contribution in [2.24, 2.45) is 0 Å². The second-order valence-electron chi connectivity index (χ2n) is 4.22. The summed E-state index contributed by atoms with van der Waals surface area (Å²) in [7, 11) is 0. The van der Waals surface area contributed by atoms with Gasteiger partial charge >= 0.3 is 0 Å². The number of hydrogen-bond acceptors (Lipinski definition) is 5. The minimum Gasteiger partial charge on any atom is -0.483 e. The number of amides is 3. The van der Waals surface area contributed by atoms with Gasteiger partial charge in [-0.05, 0) is 24.8 Å². The Morgan fingerprint density at radius 3 is 2.45 bits per heavy atom. The van der Waals surface area contributed by atoms with Crippen molar-refractivity contribution in [1.29, 1.82) is 0 Å². The fourth-order valence-electron chi connectivity index (χ4n) is 2.29. The van der Waals surface area contributed by atoms with E-state index in [0.29, 0.717) is 17.7 Å². The molecule has 0 spiro atoms. The monoisotopic (exact) mass is 320 g/mol. The number of carbonyl (C=O) groups excluding carboxylic acids is 3. The standard InChI is InChI=1S/C13H10N2O3S.CH2O2/c1-2-15-8-6-4-3-5-7(8)9(12(15)17)10-11(16)14-13(18)19-10;2-1-3/h3-6H,2H2,1H3,(H,14,16,18);1H,(H,2,3)/b10-9-;. The summed E-state index contributed by atoms with van der Waals surface area (Å²) >= 11 is 0.783. The molecule has 0 unspecified atom stereocenters. The van der Waals surface area contributed by atoms with Crippen LogP contribution in [0.3, 0.4) is 0 Å². The Kier molecular flexibility index (Phi) is 4.62. The molecule has 1 fully saturated rings. The van der Waals surface area contributed by atoms with E-state index >= 15 is 0 Å². The van der Waals surface area contributed by atoms with E-state index in [0.717, 1.165) is 17.4 Å². The van der Waals surface area contributed by atoms with E-state index in [-0.39, 0.29) is 17.3 Å². The third kappa shape index (κ3) is 2.60. The van der Waals surface area contributed by atoms with Gasteiger partial charge in [0.2, 0.25) is 0 Å². The smallest absolute Gasteiger partial charge is 0.290 e. The van der Waals surface area contributed by atoms with Gasteiger partial charge in [-0.2, -0.15) is 0 Å². The Labute approximate surface area is 130 Å². The van der Waals surface area contributed by atoms with Crippen molar-refractivity contribution in [3.8, 4) is 0 Å². The molecule has 1 aromatic rings. The number of likely N-dealkylation sites (N-methyl/N-ethyl adjacent to an activating group) is 1. The minimum absolute atomic E-state index is 0.193. The van der Waals surface area contributed by atoms with Gasteiger partial charge in [-0.15, -0.1) is 0 Å². The average molecular weight is 320 g/mol. The normalized spacial score (nSPS) is 19.5. The van der Waals surface area contributed by atoms with Gasteiger partial charge in [-0.3, -0.25) is 24.5 Å². The number of imide groups is 1. The first-order valence-corrected chi connectivity index (χ1v) is 7.13. The Balaban J connectivity index is 0.000000545. The summed E-state index contributed by atoms with van der Waals surface area (Å²) in [5, 5.41) is 8.64. The molecule has 0 saturated carbocycles. The van der Waals surface area contributed by atoms with Crippen molar-refractivity contribution in [1.82, 2.24) is 5.32 Å². The fraction of sp³-hybridized carbons (Fsp3) is 0.143. The van der Waals surface area contributed by atoms with Crippen LogP contribution in [0, 0.1) is 0 Å². The SMILES string of the molecule is CCN1C(=O)/C(=C2\SC(=O)NC2=O)c2ccccc21.O=CO. The third-order valence-corrected chi connectivity index (χ3v) is 3.96. The number of anilines is 1. The summed E-state index contributed by atoms with van der Waals surface area (Å²) in [6.45, 7) is 2.14. The summed E-state index contributed by atoms with van der Waals surface area (Å²) in [5.74, 6) is -0.720. The van der Waals surface area contributed by atoms with E-state index in [9.17, 15) is 14.4 Å². The van der Waals surface area contributed by atoms with Gasteiger partial charge in [-0.1, -0.05) is 18.2 Å². The Morgan fingerprint density at radius 1 is 1.27 bits per heavy atom. The van der Waals surface area contributed by atoms with Crippen LogP contribution in [0.1, 0.15) is 12.5 Å². The lowest BCUT2D eigenvalue weighted by Crippen LogP contribution is -2.26. The number of benzene rings is 1. The van der Waals surface area contributed by atoms with E-state index in [1.54, 1.807) is 11.0 Å². The van der Waals surface area contributed by atoms with E-state index in [4.69, 9.17) is 9.90 Å². The maximum Gasteiger partial charge on any atom is 0.290 e. The van der Waals surface area contributed by atoms with E-state index in [2.05, 4.69) is 5.32 Å². The maximum absolute atomic E-state index is 12.4. The molecule has 2 heterocycles. The molecule has 0 aliphatic carbocycles. The molecule has 0 radical (unpaired) electrons. The molecule has 114 valence electrons. The number of para-hydroxylation sites is 1. The van der Waals surface area contributed by atoms with Crippen molar-refractivity contribution in [3.05, 3.63) is 34.7 Å². The summed E-state index contributed by atoms with van der Waals surface area (Å²) in [6.07, 6.45) is 0. The second kappa shape index (κ2) is 6.44. The molecule has 1 saturated heterocycles. The molecule has 22 heavy (non-hydrogen) atoms. The van der Waals surface area contributed by atoms with E-state index < -0.39 is 11.1 Å². The van der Waals surface area contributed by atoms with E-state index in [1.807, 2.05) is 25.1 Å². The minimum atomic E-state index is -0.494. The van der Waals surface area contributed by atoms with E-state index in [1.165, 1.54) is 0 Å². The molecular weight excluding hydrogens is 308 g/mol. The van der Waals surface area contributed by atoms with Crippen LogP contribution in [-0.2, 0) is 14.4 Å². The molecule has 2 aliphatic rings. The highest BCUT2D eigenvalue weighted by Crippen LogP contribution is 2.42. The average Bonchev–Trinajstić information content (AvgIpc) is 2.95. The molecule has 2 N–H and O–H groups in total. The number of thioether (sulfide) groups is 1. The highest BCUT2D eigenvalue weighted by Gasteiger charge is 2.39. The van der Waals surface area contributed by atoms with Crippen LogP contribution in [0.25, 0.3) is 5.57 Å². The lowest BCUT2D eigenvalue weighted by molar-refractivity contribution is -0.123. The molecule has 1 aromatic carbocycles. The molecule has 7 nitrogen and oxygen atoms in total. The molecule has 2 aliphatic heterocycles. The number of nitrogens with zero attached hydrogens (tertiary/aromatic N) is 1. The topological polar surface area (TPSA) is 104 Å². The predicted octanol–water partition coefficient (Wildman–Crippen LogP) is 1.45. The van der Waals surface area contributed by atoms with Gasteiger partial charge in [0, 0.05) is 12.1 Å². The van der Waals surface area contributed by atoms with Crippen molar-refractivity contribution in [2.45, 2.75) is 6.92 Å². The number of hydrogen-bond donors (Lipinski definition) is 2. The van der Waals surface area contributed by atoms with Crippen molar-refractivity contribution in [2.75, 3.05) is 11.4 Å². The first-order valence-electron chi connectivity index (χ1n) is 6.31. The molecule has 0 bridgehead atoms. The van der Waals surface area contributed by atoms with Crippen molar-refractivity contribution < 1.29 is 24.3 Å². The van der Waals surface area contributed by atoms with Gasteiger partial charge in [0.1, 0.15) is 0 Å². The molecule has 0 atom stereocenters. The summed E-state index contributed by atoms with van der Waals surface area (Å²) in [4.78, 5) is 45.6. The number of nitrogens with one attached hydrogen (secondary N) is 1. The zero-order chi connectivity index (χ0) is 16.3. The molecular formula is C14H12N2O5S. The first kappa shape index (κ1) is 15.8. The fourth-order valence-corrected chi connectivity index (χ4v) is 3.06. The van der Waals surface area contributed by atoms with Gasteiger partial charge in [0.15, 0.2) is 0 Å². The Bertz CT molecular complexity index is 698. The zero-order valence-electron chi connectivity index (χ0n) is 11.5. The molecule has 3 rings (SSSR count). The Morgan fingerprint density at radius 2 is 1.91 bits per heavy atom. The quantitative estimate of drug-likeness (QED) is 0.599. The summed E-state index contributed by atoms with van der Waals surface area (Å²) < 4.78 is 0. The number of rotatable bonds is 1. The van der Waals surface area contributed by atoms with Crippen LogP contribution in [0.2, 0.25) is 0 Å². The highest BCUT2D eigenvalue weighted by atomic mass is 32.2. The predicted molar refractivity (Wildman–Crippen MR) is 81.2 cm³/mol. The van der Waals surface area contributed by atoms with Crippen LogP contribution >= 0.6 is 11.8 Å². The van der Waals surface area contributed by atoms with Crippen molar-refractivity contribution in [3.63, 3.8) is 0 Å². The summed E-state index contributed by atoms with van der Waals surface area (Å²) in [6, 6.07) is 7.28. The number of carbonyl (C=O) groups is 4. The van der Waals surface area contributed by atoms with Gasteiger partial charge in [0.25, 0.3) is 23.5 Å². The van der Waals surface area contributed by atoms with Gasteiger partial charge in [-0.25, -0.2) is 0 Å². The number of fused-ring (bicyclic) bond motifs is 1. The number of carboxylic acid groups (broad SMARTS) is 1.